The van der Waals surface area contributed by atoms with Gasteiger partial charge in [0.25, 0.3) is 5.56 Å². The first-order valence-electron chi connectivity index (χ1n) is 8.62. The number of halogens is 1. The number of rotatable bonds is 6. The minimum Gasteiger partial charge on any atom is -0.323 e. The number of nitrogens with one attached hydrogen (secondary N) is 1. The number of aromatic nitrogens is 2. The molecule has 0 atom stereocenters. The van der Waals surface area contributed by atoms with Crippen LogP contribution in [0.3, 0.4) is 0 Å². The Kier molecular flexibility index (Phi) is 5.91. The van der Waals surface area contributed by atoms with Crippen LogP contribution in [0.25, 0.3) is 10.9 Å². The molecule has 0 aliphatic carbocycles. The summed E-state index contributed by atoms with van der Waals surface area (Å²) >= 11 is 1.17. The third kappa shape index (κ3) is 4.54. The summed E-state index contributed by atoms with van der Waals surface area (Å²) in [5.41, 5.74) is 0.611. The molecule has 0 aliphatic rings. The molecular formula is C20H20FN3O2S. The summed E-state index contributed by atoms with van der Waals surface area (Å²) < 4.78 is 15.3. The van der Waals surface area contributed by atoms with Gasteiger partial charge in [-0.05, 0) is 30.2 Å². The SMILES string of the molecule is CC(C)Cn1c(SCC(=O)Nc2ccccc2F)nc2ccccc2c1=O. The van der Waals surface area contributed by atoms with Crippen molar-refractivity contribution in [2.24, 2.45) is 5.92 Å². The smallest absolute Gasteiger partial charge is 0.262 e. The van der Waals surface area contributed by atoms with E-state index in [1.54, 1.807) is 34.9 Å². The fourth-order valence-electron chi connectivity index (χ4n) is 2.66. The lowest BCUT2D eigenvalue weighted by molar-refractivity contribution is -0.113. The molecule has 2 aromatic carbocycles. The Bertz CT molecular complexity index is 1030. The second-order valence-corrected chi connectivity index (χ2v) is 7.48. The fourth-order valence-corrected chi connectivity index (χ4v) is 3.47. The Labute approximate surface area is 160 Å². The first-order valence-corrected chi connectivity index (χ1v) is 9.61. The van der Waals surface area contributed by atoms with Gasteiger partial charge in [0.2, 0.25) is 5.91 Å². The molecule has 1 heterocycles. The van der Waals surface area contributed by atoms with E-state index in [-0.39, 0.29) is 28.8 Å². The summed E-state index contributed by atoms with van der Waals surface area (Å²) in [7, 11) is 0. The molecule has 0 spiro atoms. The van der Waals surface area contributed by atoms with Crippen molar-refractivity contribution in [2.75, 3.05) is 11.1 Å². The Hall–Kier alpha value is -2.67. The molecule has 0 unspecified atom stereocenters. The monoisotopic (exact) mass is 385 g/mol. The van der Waals surface area contributed by atoms with Gasteiger partial charge in [-0.1, -0.05) is 49.9 Å². The molecule has 140 valence electrons. The fraction of sp³-hybridized carbons (Fsp3) is 0.250. The molecule has 27 heavy (non-hydrogen) atoms. The van der Waals surface area contributed by atoms with Crippen LogP contribution in [0.5, 0.6) is 0 Å². The number of amides is 1. The summed E-state index contributed by atoms with van der Waals surface area (Å²) in [6.07, 6.45) is 0. The Morgan fingerprint density at radius 3 is 2.63 bits per heavy atom. The van der Waals surface area contributed by atoms with Gasteiger partial charge in [0.1, 0.15) is 5.82 Å². The molecule has 1 N–H and O–H groups in total. The molecule has 0 saturated heterocycles. The van der Waals surface area contributed by atoms with E-state index in [4.69, 9.17) is 0 Å². The largest absolute Gasteiger partial charge is 0.323 e. The average molecular weight is 385 g/mol. The molecule has 0 aliphatic heterocycles. The van der Waals surface area contributed by atoms with Gasteiger partial charge in [0.05, 0.1) is 22.3 Å². The number of fused-ring (bicyclic) bond motifs is 1. The van der Waals surface area contributed by atoms with Crippen molar-refractivity contribution in [3.8, 4) is 0 Å². The molecule has 0 radical (unpaired) electrons. The first kappa shape index (κ1) is 19.1. The Morgan fingerprint density at radius 1 is 1.19 bits per heavy atom. The van der Waals surface area contributed by atoms with E-state index in [9.17, 15) is 14.0 Å². The second kappa shape index (κ2) is 8.35. The molecular weight excluding hydrogens is 365 g/mol. The number of carbonyl (C=O) groups excluding carboxylic acids is 1. The van der Waals surface area contributed by atoms with Crippen molar-refractivity contribution in [1.29, 1.82) is 0 Å². The van der Waals surface area contributed by atoms with Crippen molar-refractivity contribution in [1.82, 2.24) is 9.55 Å². The maximum atomic E-state index is 13.7. The van der Waals surface area contributed by atoms with E-state index in [0.717, 1.165) is 0 Å². The first-order chi connectivity index (χ1) is 13.0. The van der Waals surface area contributed by atoms with Gasteiger partial charge in [-0.2, -0.15) is 0 Å². The van der Waals surface area contributed by atoms with Crippen LogP contribution in [-0.2, 0) is 11.3 Å². The lowest BCUT2D eigenvalue weighted by Crippen LogP contribution is -2.26. The number of hydrogen-bond donors (Lipinski definition) is 1. The minimum absolute atomic E-state index is 0.0250. The van der Waals surface area contributed by atoms with Gasteiger partial charge in [-0.15, -0.1) is 0 Å². The average Bonchev–Trinajstić information content (AvgIpc) is 2.64. The van der Waals surface area contributed by atoms with E-state index in [0.29, 0.717) is 22.6 Å². The molecule has 7 heteroatoms. The lowest BCUT2D eigenvalue weighted by Gasteiger charge is -2.15. The summed E-state index contributed by atoms with van der Waals surface area (Å²) in [6, 6.07) is 13.1. The maximum Gasteiger partial charge on any atom is 0.262 e. The topological polar surface area (TPSA) is 64.0 Å². The van der Waals surface area contributed by atoms with Gasteiger partial charge in [-0.3, -0.25) is 14.2 Å². The zero-order valence-electron chi connectivity index (χ0n) is 15.1. The summed E-state index contributed by atoms with van der Waals surface area (Å²) in [5.74, 6) is -0.575. The van der Waals surface area contributed by atoms with E-state index >= 15 is 0 Å². The summed E-state index contributed by atoms with van der Waals surface area (Å²) in [5, 5.41) is 3.58. The zero-order valence-corrected chi connectivity index (χ0v) is 15.9. The maximum absolute atomic E-state index is 13.7. The predicted octanol–water partition coefficient (Wildman–Crippen LogP) is 3.92. The Balaban J connectivity index is 1.84. The number of hydrogen-bond acceptors (Lipinski definition) is 4. The van der Waals surface area contributed by atoms with E-state index in [1.165, 1.54) is 23.9 Å². The van der Waals surface area contributed by atoms with Gasteiger partial charge in [-0.25, -0.2) is 9.37 Å². The number of carbonyl (C=O) groups is 1. The van der Waals surface area contributed by atoms with Gasteiger partial charge in [0, 0.05) is 6.54 Å². The molecule has 0 bridgehead atoms. The molecule has 1 amide bonds. The van der Waals surface area contributed by atoms with Crippen LogP contribution >= 0.6 is 11.8 Å². The van der Waals surface area contributed by atoms with E-state index in [2.05, 4.69) is 10.3 Å². The zero-order chi connectivity index (χ0) is 19.4. The van der Waals surface area contributed by atoms with Crippen LogP contribution < -0.4 is 10.9 Å². The normalized spacial score (nSPS) is 11.1. The van der Waals surface area contributed by atoms with Crippen LogP contribution in [-0.4, -0.2) is 21.2 Å². The van der Waals surface area contributed by atoms with Gasteiger partial charge < -0.3 is 5.32 Å². The van der Waals surface area contributed by atoms with Crippen molar-refractivity contribution in [3.05, 3.63) is 64.7 Å². The summed E-state index contributed by atoms with van der Waals surface area (Å²) in [6.45, 7) is 4.54. The van der Waals surface area contributed by atoms with Crippen molar-refractivity contribution in [2.45, 2.75) is 25.5 Å². The second-order valence-electron chi connectivity index (χ2n) is 6.54. The highest BCUT2D eigenvalue weighted by Crippen LogP contribution is 2.20. The third-order valence-electron chi connectivity index (χ3n) is 3.85. The van der Waals surface area contributed by atoms with E-state index < -0.39 is 5.82 Å². The minimum atomic E-state index is -0.489. The van der Waals surface area contributed by atoms with Crippen LogP contribution in [0.15, 0.2) is 58.5 Å². The molecule has 3 aromatic rings. The van der Waals surface area contributed by atoms with Crippen molar-refractivity contribution >= 4 is 34.3 Å². The number of nitrogens with zero attached hydrogens (tertiary/aromatic N) is 2. The van der Waals surface area contributed by atoms with Crippen molar-refractivity contribution < 1.29 is 9.18 Å². The van der Waals surface area contributed by atoms with Crippen molar-refractivity contribution in [3.63, 3.8) is 0 Å². The molecule has 0 saturated carbocycles. The highest BCUT2D eigenvalue weighted by atomic mass is 32.2. The highest BCUT2D eigenvalue weighted by molar-refractivity contribution is 7.99. The van der Waals surface area contributed by atoms with E-state index in [1.807, 2.05) is 19.9 Å². The number of benzene rings is 2. The molecule has 3 rings (SSSR count). The van der Waals surface area contributed by atoms with Crippen LogP contribution in [0.4, 0.5) is 10.1 Å². The molecule has 5 nitrogen and oxygen atoms in total. The predicted molar refractivity (Wildman–Crippen MR) is 107 cm³/mol. The number of para-hydroxylation sites is 2. The number of thioether (sulfide) groups is 1. The number of anilines is 1. The molecule has 0 fully saturated rings. The standard InChI is InChI=1S/C20H20FN3O2S/c1-13(2)11-24-19(26)14-7-3-5-9-16(14)23-20(24)27-12-18(25)22-17-10-6-4-8-15(17)21/h3-10,13H,11-12H2,1-2H3,(H,22,25). The molecule has 1 aromatic heterocycles. The van der Waals surface area contributed by atoms with Gasteiger partial charge in [0.15, 0.2) is 5.16 Å². The quantitative estimate of drug-likeness (QED) is 0.516. The summed E-state index contributed by atoms with van der Waals surface area (Å²) in [4.78, 5) is 29.6. The van der Waals surface area contributed by atoms with Crippen LogP contribution in [0, 0.1) is 11.7 Å². The van der Waals surface area contributed by atoms with Crippen LogP contribution in [0.1, 0.15) is 13.8 Å². The third-order valence-corrected chi connectivity index (χ3v) is 4.83. The van der Waals surface area contributed by atoms with Crippen LogP contribution in [0.2, 0.25) is 0 Å². The van der Waals surface area contributed by atoms with Gasteiger partial charge >= 0.3 is 0 Å². The highest BCUT2D eigenvalue weighted by Gasteiger charge is 2.14. The lowest BCUT2D eigenvalue weighted by atomic mass is 10.2. The Morgan fingerprint density at radius 2 is 1.89 bits per heavy atom.